The molecule has 1 aromatic carbocycles. The molecule has 1 atom stereocenters. The van der Waals surface area contributed by atoms with Crippen LogP contribution in [0.2, 0.25) is 0 Å². The van der Waals surface area contributed by atoms with Gasteiger partial charge < -0.3 is 4.74 Å². The number of rotatable bonds is 5. The molecule has 0 heterocycles. The van der Waals surface area contributed by atoms with E-state index < -0.39 is 11.3 Å². The van der Waals surface area contributed by atoms with Crippen molar-refractivity contribution in [2.24, 2.45) is 0 Å². The van der Waals surface area contributed by atoms with Crippen molar-refractivity contribution in [3.05, 3.63) is 32.6 Å². The Bertz CT molecular complexity index is 506. The Hall–Kier alpha value is -0.360. The molecular weight excluding hydrogens is 418 g/mol. The van der Waals surface area contributed by atoms with Crippen LogP contribution in [0.15, 0.2) is 12.1 Å². The number of carbonyl (C=O) groups excluding carboxylic acids is 1. The fourth-order valence-corrected chi connectivity index (χ4v) is 4.40. The molecule has 0 spiro atoms. The van der Waals surface area contributed by atoms with Gasteiger partial charge in [0.15, 0.2) is 0 Å². The summed E-state index contributed by atoms with van der Waals surface area (Å²) in [4.78, 5) is 11.6. The summed E-state index contributed by atoms with van der Waals surface area (Å²) in [5, 5.41) is -0.768. The van der Waals surface area contributed by atoms with Gasteiger partial charge in [-0.2, -0.15) is 0 Å². The SMILES string of the molecule is CCOC(=O)C(Cl)Cc1cc(F)c(C2CCCCC2)c(I)c1. The van der Waals surface area contributed by atoms with Gasteiger partial charge in [0.25, 0.3) is 0 Å². The second-order valence-electron chi connectivity index (χ2n) is 5.73. The number of benzene rings is 1. The Kier molecular flexibility index (Phi) is 6.93. The van der Waals surface area contributed by atoms with Crippen LogP contribution in [0.4, 0.5) is 4.39 Å². The minimum Gasteiger partial charge on any atom is -0.465 e. The zero-order chi connectivity index (χ0) is 16.1. The van der Waals surface area contributed by atoms with Crippen LogP contribution in [0.1, 0.15) is 56.1 Å². The van der Waals surface area contributed by atoms with Crippen LogP contribution in [0.5, 0.6) is 0 Å². The first-order valence-electron chi connectivity index (χ1n) is 7.81. The van der Waals surface area contributed by atoms with E-state index in [1.54, 1.807) is 6.92 Å². The highest BCUT2D eigenvalue weighted by Gasteiger charge is 2.23. The van der Waals surface area contributed by atoms with E-state index in [4.69, 9.17) is 16.3 Å². The van der Waals surface area contributed by atoms with Gasteiger partial charge >= 0.3 is 5.97 Å². The van der Waals surface area contributed by atoms with E-state index in [9.17, 15) is 9.18 Å². The first kappa shape index (κ1) is 18.0. The van der Waals surface area contributed by atoms with E-state index in [0.717, 1.165) is 27.5 Å². The predicted molar refractivity (Wildman–Crippen MR) is 94.9 cm³/mol. The number of hydrogen-bond acceptors (Lipinski definition) is 2. The quantitative estimate of drug-likeness (QED) is 0.359. The largest absolute Gasteiger partial charge is 0.465 e. The van der Waals surface area contributed by atoms with Crippen LogP contribution in [-0.2, 0) is 16.0 Å². The molecule has 1 aromatic rings. The van der Waals surface area contributed by atoms with Crippen molar-refractivity contribution in [1.82, 2.24) is 0 Å². The fourth-order valence-electron chi connectivity index (χ4n) is 3.06. The minimum absolute atomic E-state index is 0.165. The minimum atomic E-state index is -0.768. The van der Waals surface area contributed by atoms with Gasteiger partial charge in [0, 0.05) is 9.13 Å². The molecule has 0 aliphatic heterocycles. The maximum atomic E-state index is 14.5. The van der Waals surface area contributed by atoms with Crippen molar-refractivity contribution >= 4 is 40.2 Å². The standard InChI is InChI=1S/C17H21ClFIO2/c1-2-22-17(21)13(18)8-11-9-14(19)16(15(20)10-11)12-6-4-3-5-7-12/h9-10,12-13H,2-8H2,1H3. The zero-order valence-electron chi connectivity index (χ0n) is 12.7. The summed E-state index contributed by atoms with van der Waals surface area (Å²) in [6, 6.07) is 3.48. The molecule has 5 heteroatoms. The van der Waals surface area contributed by atoms with Crippen molar-refractivity contribution in [3.8, 4) is 0 Å². The van der Waals surface area contributed by atoms with Crippen molar-refractivity contribution in [3.63, 3.8) is 0 Å². The van der Waals surface area contributed by atoms with Crippen LogP contribution in [0.3, 0.4) is 0 Å². The number of esters is 1. The van der Waals surface area contributed by atoms with Gasteiger partial charge in [-0.25, -0.2) is 4.39 Å². The van der Waals surface area contributed by atoms with Crippen molar-refractivity contribution in [2.75, 3.05) is 6.61 Å². The molecule has 1 aliphatic carbocycles. The Morgan fingerprint density at radius 1 is 1.41 bits per heavy atom. The molecule has 1 aliphatic rings. The van der Waals surface area contributed by atoms with Crippen molar-refractivity contribution in [2.45, 2.75) is 56.7 Å². The molecule has 0 N–H and O–H groups in total. The predicted octanol–water partition coefficient (Wildman–Crippen LogP) is 5.19. The van der Waals surface area contributed by atoms with Crippen LogP contribution in [-0.4, -0.2) is 18.0 Å². The Labute approximate surface area is 149 Å². The molecule has 0 aromatic heterocycles. The van der Waals surface area contributed by atoms with Crippen LogP contribution in [0, 0.1) is 9.39 Å². The average Bonchev–Trinajstić information content (AvgIpc) is 2.47. The third-order valence-corrected chi connectivity index (χ3v) is 5.33. The molecule has 1 fully saturated rings. The first-order chi connectivity index (χ1) is 10.5. The van der Waals surface area contributed by atoms with Gasteiger partial charge in [0.05, 0.1) is 6.61 Å². The van der Waals surface area contributed by atoms with Crippen LogP contribution < -0.4 is 0 Å². The highest BCUT2D eigenvalue weighted by molar-refractivity contribution is 14.1. The lowest BCUT2D eigenvalue weighted by molar-refractivity contribution is -0.142. The molecule has 2 nitrogen and oxygen atoms in total. The second-order valence-corrected chi connectivity index (χ2v) is 7.42. The topological polar surface area (TPSA) is 26.3 Å². The van der Waals surface area contributed by atoms with Gasteiger partial charge in [-0.1, -0.05) is 19.3 Å². The summed E-state index contributed by atoms with van der Waals surface area (Å²) >= 11 is 8.23. The molecule has 122 valence electrons. The summed E-state index contributed by atoms with van der Waals surface area (Å²) in [5.74, 6) is -0.288. The molecule has 0 amide bonds. The lowest BCUT2D eigenvalue weighted by atomic mass is 9.83. The number of alkyl halides is 1. The normalized spacial score (nSPS) is 17.3. The molecule has 22 heavy (non-hydrogen) atoms. The maximum Gasteiger partial charge on any atom is 0.324 e. The third kappa shape index (κ3) is 4.57. The molecule has 1 saturated carbocycles. The van der Waals surface area contributed by atoms with Crippen molar-refractivity contribution < 1.29 is 13.9 Å². The molecule has 0 radical (unpaired) electrons. The van der Waals surface area contributed by atoms with E-state index in [1.165, 1.54) is 25.3 Å². The molecule has 2 rings (SSSR count). The number of ether oxygens (including phenoxy) is 1. The monoisotopic (exact) mass is 438 g/mol. The smallest absolute Gasteiger partial charge is 0.324 e. The number of carbonyl (C=O) groups is 1. The lowest BCUT2D eigenvalue weighted by Gasteiger charge is -2.24. The van der Waals surface area contributed by atoms with Gasteiger partial charge in [0.1, 0.15) is 11.2 Å². The lowest BCUT2D eigenvalue weighted by Crippen LogP contribution is -2.20. The van der Waals surface area contributed by atoms with E-state index in [0.29, 0.717) is 12.5 Å². The van der Waals surface area contributed by atoms with Crippen molar-refractivity contribution in [1.29, 1.82) is 0 Å². The zero-order valence-corrected chi connectivity index (χ0v) is 15.6. The third-order valence-electron chi connectivity index (χ3n) is 4.11. The van der Waals surface area contributed by atoms with E-state index in [2.05, 4.69) is 22.6 Å². The summed E-state index contributed by atoms with van der Waals surface area (Å²) in [6.07, 6.45) is 6.02. The molecular formula is C17H21ClFIO2. The highest BCUT2D eigenvalue weighted by Crippen LogP contribution is 2.37. The molecule has 0 bridgehead atoms. The van der Waals surface area contributed by atoms with Gasteiger partial charge in [-0.15, -0.1) is 11.6 Å². The van der Waals surface area contributed by atoms with E-state index >= 15 is 0 Å². The summed E-state index contributed by atoms with van der Waals surface area (Å²) in [5.41, 5.74) is 1.58. The molecule has 1 unspecified atom stereocenters. The van der Waals surface area contributed by atoms with Crippen LogP contribution in [0.25, 0.3) is 0 Å². The Morgan fingerprint density at radius 2 is 2.09 bits per heavy atom. The number of hydrogen-bond donors (Lipinski definition) is 0. The highest BCUT2D eigenvalue weighted by atomic mass is 127. The van der Waals surface area contributed by atoms with Crippen LogP contribution >= 0.6 is 34.2 Å². The molecule has 0 saturated heterocycles. The second kappa shape index (κ2) is 8.48. The Morgan fingerprint density at radius 3 is 2.68 bits per heavy atom. The fraction of sp³-hybridized carbons (Fsp3) is 0.588. The Balaban J connectivity index is 2.13. The first-order valence-corrected chi connectivity index (χ1v) is 9.33. The maximum absolute atomic E-state index is 14.5. The summed E-state index contributed by atoms with van der Waals surface area (Å²) in [7, 11) is 0. The van der Waals surface area contributed by atoms with Gasteiger partial charge in [0.2, 0.25) is 0 Å². The average molecular weight is 439 g/mol. The van der Waals surface area contributed by atoms with E-state index in [-0.39, 0.29) is 12.2 Å². The summed E-state index contributed by atoms with van der Waals surface area (Å²) in [6.45, 7) is 2.04. The number of halogens is 3. The van der Waals surface area contributed by atoms with E-state index in [1.807, 2.05) is 6.07 Å². The summed E-state index contributed by atoms with van der Waals surface area (Å²) < 4.78 is 20.4. The van der Waals surface area contributed by atoms with Gasteiger partial charge in [-0.3, -0.25) is 4.79 Å². The van der Waals surface area contributed by atoms with Gasteiger partial charge in [-0.05, 0) is 72.4 Å².